The largest absolute Gasteiger partial charge is 0.573 e. The van der Waals surface area contributed by atoms with E-state index in [1.54, 1.807) is 4.90 Å². The molecular weight excluding hydrogens is 405 g/mol. The fourth-order valence-electron chi connectivity index (χ4n) is 3.85. The van der Waals surface area contributed by atoms with Gasteiger partial charge < -0.3 is 19.5 Å². The van der Waals surface area contributed by atoms with Crippen LogP contribution >= 0.6 is 0 Å². The van der Waals surface area contributed by atoms with Crippen molar-refractivity contribution in [2.45, 2.75) is 57.1 Å². The Balaban J connectivity index is 1.44. The highest BCUT2D eigenvalue weighted by atomic mass is 19.4. The van der Waals surface area contributed by atoms with Gasteiger partial charge in [0, 0.05) is 38.0 Å². The Bertz CT molecular complexity index is 740. The van der Waals surface area contributed by atoms with Crippen molar-refractivity contribution in [3.8, 4) is 5.75 Å². The Morgan fingerprint density at radius 1 is 1.13 bits per heavy atom. The van der Waals surface area contributed by atoms with Crippen LogP contribution in [-0.2, 0) is 9.53 Å². The molecule has 30 heavy (non-hydrogen) atoms. The lowest BCUT2D eigenvalue weighted by Crippen LogP contribution is -2.49. The van der Waals surface area contributed by atoms with E-state index in [-0.39, 0.29) is 24.4 Å². The summed E-state index contributed by atoms with van der Waals surface area (Å²) >= 11 is 0. The standard InChI is InChI=1S/C20H25F3N2O5/c21-20(22,23)29-16-7-5-15(6-8-16)24-18(27)30-19(28)9-11-25(12-10-19)17(26)13-14-3-1-2-4-14/h5-8,14,28H,1-4,9-13H2,(H,24,27). The van der Waals surface area contributed by atoms with Crippen molar-refractivity contribution in [3.05, 3.63) is 24.3 Å². The average Bonchev–Trinajstić information content (AvgIpc) is 3.15. The van der Waals surface area contributed by atoms with E-state index in [0.717, 1.165) is 25.0 Å². The summed E-state index contributed by atoms with van der Waals surface area (Å²) in [7, 11) is 0. The van der Waals surface area contributed by atoms with E-state index in [9.17, 15) is 27.9 Å². The number of carbonyl (C=O) groups excluding carboxylic acids is 2. The molecule has 7 nitrogen and oxygen atoms in total. The number of hydrogen-bond donors (Lipinski definition) is 2. The van der Waals surface area contributed by atoms with Crippen molar-refractivity contribution in [1.29, 1.82) is 0 Å². The van der Waals surface area contributed by atoms with Crippen LogP contribution in [0, 0.1) is 5.92 Å². The van der Waals surface area contributed by atoms with E-state index < -0.39 is 24.0 Å². The number of anilines is 1. The molecule has 0 bridgehead atoms. The number of nitrogens with one attached hydrogen (secondary N) is 1. The molecule has 2 fully saturated rings. The smallest absolute Gasteiger partial charge is 0.417 e. The van der Waals surface area contributed by atoms with Crippen LogP contribution in [0.15, 0.2) is 24.3 Å². The first kappa shape index (κ1) is 22.2. The molecule has 2 amide bonds. The lowest BCUT2D eigenvalue weighted by molar-refractivity contribution is -0.274. The van der Waals surface area contributed by atoms with Crippen LogP contribution < -0.4 is 10.1 Å². The van der Waals surface area contributed by atoms with Crippen LogP contribution in [0.2, 0.25) is 0 Å². The zero-order valence-electron chi connectivity index (χ0n) is 16.4. The summed E-state index contributed by atoms with van der Waals surface area (Å²) in [5, 5.41) is 12.9. The topological polar surface area (TPSA) is 88.1 Å². The van der Waals surface area contributed by atoms with Crippen LogP contribution in [0.5, 0.6) is 5.75 Å². The van der Waals surface area contributed by atoms with Crippen molar-refractivity contribution < 1.29 is 37.3 Å². The highest BCUT2D eigenvalue weighted by Gasteiger charge is 2.38. The van der Waals surface area contributed by atoms with Crippen LogP contribution in [0.1, 0.15) is 44.9 Å². The SMILES string of the molecule is O=C(Nc1ccc(OC(F)(F)F)cc1)OC1(O)CCN(C(=O)CC2CCCC2)CC1. The number of alkyl halides is 3. The molecule has 1 heterocycles. The van der Waals surface area contributed by atoms with E-state index in [4.69, 9.17) is 4.74 Å². The molecule has 0 spiro atoms. The van der Waals surface area contributed by atoms with Gasteiger partial charge >= 0.3 is 12.5 Å². The van der Waals surface area contributed by atoms with Crippen molar-refractivity contribution in [2.24, 2.45) is 5.92 Å². The van der Waals surface area contributed by atoms with Crippen LogP contribution in [-0.4, -0.2) is 47.2 Å². The van der Waals surface area contributed by atoms with Crippen LogP contribution in [0.4, 0.5) is 23.7 Å². The Morgan fingerprint density at radius 2 is 1.73 bits per heavy atom. The molecular formula is C20H25F3N2O5. The van der Waals surface area contributed by atoms with Gasteiger partial charge in [-0.3, -0.25) is 10.1 Å². The first-order valence-corrected chi connectivity index (χ1v) is 9.98. The number of benzene rings is 1. The number of piperidine rings is 1. The van der Waals surface area contributed by atoms with E-state index in [1.807, 2.05) is 0 Å². The maximum absolute atomic E-state index is 12.4. The number of carbonyl (C=O) groups is 2. The number of nitrogens with zero attached hydrogens (tertiary/aromatic N) is 1. The van der Waals surface area contributed by atoms with Gasteiger partial charge in [0.1, 0.15) is 5.75 Å². The van der Waals surface area contributed by atoms with Gasteiger partial charge in [0.2, 0.25) is 11.7 Å². The van der Waals surface area contributed by atoms with E-state index in [1.165, 1.54) is 25.0 Å². The fourth-order valence-corrected chi connectivity index (χ4v) is 3.85. The van der Waals surface area contributed by atoms with Crippen molar-refractivity contribution in [3.63, 3.8) is 0 Å². The average molecular weight is 430 g/mol. The van der Waals surface area contributed by atoms with Crippen molar-refractivity contribution >= 4 is 17.7 Å². The second kappa shape index (κ2) is 9.11. The van der Waals surface area contributed by atoms with Crippen LogP contribution in [0.25, 0.3) is 0 Å². The molecule has 1 aromatic rings. The summed E-state index contributed by atoms with van der Waals surface area (Å²) in [6.07, 6.45) is -0.542. The molecule has 0 radical (unpaired) electrons. The second-order valence-electron chi connectivity index (χ2n) is 7.77. The highest BCUT2D eigenvalue weighted by Crippen LogP contribution is 2.30. The highest BCUT2D eigenvalue weighted by molar-refractivity contribution is 5.85. The maximum Gasteiger partial charge on any atom is 0.573 e. The van der Waals surface area contributed by atoms with Crippen LogP contribution in [0.3, 0.4) is 0 Å². The quantitative estimate of drug-likeness (QED) is 0.689. The minimum atomic E-state index is -4.80. The summed E-state index contributed by atoms with van der Waals surface area (Å²) in [6.45, 7) is 0.581. The number of hydrogen-bond acceptors (Lipinski definition) is 5. The molecule has 0 aromatic heterocycles. The van der Waals surface area contributed by atoms with Gasteiger partial charge in [0.25, 0.3) is 0 Å². The predicted molar refractivity (Wildman–Crippen MR) is 101 cm³/mol. The summed E-state index contributed by atoms with van der Waals surface area (Å²) < 4.78 is 45.4. The van der Waals surface area contributed by atoms with Crippen molar-refractivity contribution in [1.82, 2.24) is 4.90 Å². The third kappa shape index (κ3) is 6.51. The summed E-state index contributed by atoms with van der Waals surface area (Å²) in [5.74, 6) is -1.62. The Labute approximate surface area is 172 Å². The molecule has 1 aromatic carbocycles. The number of halogens is 3. The number of ether oxygens (including phenoxy) is 2. The van der Waals surface area contributed by atoms with E-state index in [2.05, 4.69) is 10.1 Å². The Hall–Kier alpha value is -2.49. The molecule has 0 atom stereocenters. The Morgan fingerprint density at radius 3 is 2.30 bits per heavy atom. The number of aliphatic hydroxyl groups is 1. The number of rotatable bonds is 5. The molecule has 3 rings (SSSR count). The first-order valence-electron chi connectivity index (χ1n) is 9.98. The molecule has 0 unspecified atom stereocenters. The lowest BCUT2D eigenvalue weighted by Gasteiger charge is -2.37. The fraction of sp³-hybridized carbons (Fsp3) is 0.600. The zero-order valence-corrected chi connectivity index (χ0v) is 16.4. The predicted octanol–water partition coefficient (Wildman–Crippen LogP) is 4.03. The summed E-state index contributed by atoms with van der Waals surface area (Å²) in [5.41, 5.74) is 0.183. The monoisotopic (exact) mass is 430 g/mol. The molecule has 1 aliphatic carbocycles. The normalized spacial score (nSPS) is 19.4. The second-order valence-corrected chi connectivity index (χ2v) is 7.77. The molecule has 2 N–H and O–H groups in total. The molecule has 2 aliphatic rings. The minimum absolute atomic E-state index is 0.0644. The van der Waals surface area contributed by atoms with Gasteiger partial charge in [0.15, 0.2) is 0 Å². The Kier molecular flexibility index (Phi) is 6.74. The van der Waals surface area contributed by atoms with E-state index >= 15 is 0 Å². The minimum Gasteiger partial charge on any atom is -0.417 e. The summed E-state index contributed by atoms with van der Waals surface area (Å²) in [4.78, 5) is 26.1. The zero-order chi connectivity index (χ0) is 21.8. The van der Waals surface area contributed by atoms with Gasteiger partial charge in [-0.1, -0.05) is 12.8 Å². The molecule has 1 saturated heterocycles. The molecule has 1 aliphatic heterocycles. The molecule has 1 saturated carbocycles. The number of likely N-dealkylation sites (tertiary alicyclic amines) is 1. The van der Waals surface area contributed by atoms with Gasteiger partial charge in [-0.05, 0) is 43.0 Å². The third-order valence-corrected chi connectivity index (χ3v) is 5.45. The maximum atomic E-state index is 12.4. The van der Waals surface area contributed by atoms with Gasteiger partial charge in [0.05, 0.1) is 0 Å². The summed E-state index contributed by atoms with van der Waals surface area (Å²) in [6, 6.07) is 4.53. The first-order chi connectivity index (χ1) is 14.1. The van der Waals surface area contributed by atoms with Gasteiger partial charge in [-0.25, -0.2) is 4.79 Å². The molecule has 10 heteroatoms. The van der Waals surface area contributed by atoms with Gasteiger partial charge in [-0.15, -0.1) is 13.2 Å². The lowest BCUT2D eigenvalue weighted by atomic mass is 10.00. The van der Waals surface area contributed by atoms with Crippen molar-refractivity contribution in [2.75, 3.05) is 18.4 Å². The molecule has 166 valence electrons. The van der Waals surface area contributed by atoms with E-state index in [0.29, 0.717) is 25.4 Å². The third-order valence-electron chi connectivity index (χ3n) is 5.45. The number of amides is 2. The van der Waals surface area contributed by atoms with Gasteiger partial charge in [-0.2, -0.15) is 0 Å².